The van der Waals surface area contributed by atoms with E-state index in [1.54, 1.807) is 6.20 Å². The third kappa shape index (κ3) is 2.91. The van der Waals surface area contributed by atoms with Crippen LogP contribution in [0.5, 0.6) is 0 Å². The largest absolute Gasteiger partial charge is 0.306 e. The summed E-state index contributed by atoms with van der Waals surface area (Å²) in [7, 11) is 0. The lowest BCUT2D eigenvalue weighted by atomic mass is 9.79. The fourth-order valence-electron chi connectivity index (χ4n) is 2.80. The van der Waals surface area contributed by atoms with Gasteiger partial charge >= 0.3 is 5.82 Å². The summed E-state index contributed by atoms with van der Waals surface area (Å²) in [4.78, 5) is 4.24. The molecule has 0 bridgehead atoms. The van der Waals surface area contributed by atoms with Crippen LogP contribution in [-0.4, -0.2) is 8.96 Å². The van der Waals surface area contributed by atoms with Crippen LogP contribution in [-0.2, 0) is 5.41 Å². The molecule has 3 rings (SSSR count). The molecule has 0 saturated heterocycles. The highest BCUT2D eigenvalue weighted by Gasteiger charge is 2.28. The molecule has 0 aliphatic rings. The van der Waals surface area contributed by atoms with Gasteiger partial charge in [-0.3, -0.25) is 4.98 Å². The molecule has 0 aliphatic heterocycles. The quantitative estimate of drug-likeness (QED) is 0.563. The van der Waals surface area contributed by atoms with Crippen LogP contribution in [0.2, 0.25) is 0 Å². The number of hydrogen-bond acceptors (Lipinski definition) is 2. The molecule has 0 N–H and O–H groups in total. The monoisotopic (exact) mass is 324 g/mol. The van der Waals surface area contributed by atoms with Crippen molar-refractivity contribution in [2.24, 2.45) is 0 Å². The summed E-state index contributed by atoms with van der Waals surface area (Å²) in [6, 6.07) is 12.6. The van der Waals surface area contributed by atoms with Gasteiger partial charge in [-0.05, 0) is 35.6 Å². The van der Waals surface area contributed by atoms with E-state index in [4.69, 9.17) is 0 Å². The lowest BCUT2D eigenvalue weighted by Crippen LogP contribution is -2.32. The molecule has 1 aromatic carbocycles. The summed E-state index contributed by atoms with van der Waals surface area (Å²) in [5.74, 6) is 1.04. The first kappa shape index (κ1) is 15.8. The second kappa shape index (κ2) is 6.20. The molecule has 0 unspecified atom stereocenters. The lowest BCUT2D eigenvalue weighted by molar-refractivity contribution is -0.582. The van der Waals surface area contributed by atoms with Crippen molar-refractivity contribution in [2.45, 2.75) is 32.6 Å². The summed E-state index contributed by atoms with van der Waals surface area (Å²) in [5.41, 5.74) is 3.65. The number of benzene rings is 1. The average Bonchev–Trinajstić information content (AvgIpc) is 2.97. The first-order chi connectivity index (χ1) is 11.0. The van der Waals surface area contributed by atoms with Gasteiger partial charge in [-0.2, -0.15) is 8.54 Å². The molecule has 2 heterocycles. The summed E-state index contributed by atoms with van der Waals surface area (Å²) in [6.45, 7) is 6.80. The molecule has 0 spiro atoms. The number of nitrogens with zero attached hydrogens (tertiary/aromatic N) is 3. The molecule has 4 heteroatoms. The number of hydrogen-bond donors (Lipinski definition) is 1. The minimum atomic E-state index is 0.0986. The summed E-state index contributed by atoms with van der Waals surface area (Å²) in [5, 5.41) is 0. The van der Waals surface area contributed by atoms with Gasteiger partial charge in [0.1, 0.15) is 12.4 Å². The Bertz CT molecular complexity index is 806. The van der Waals surface area contributed by atoms with E-state index in [0.717, 1.165) is 17.9 Å². The Morgan fingerprint density at radius 3 is 2.65 bits per heavy atom. The zero-order valence-corrected chi connectivity index (χ0v) is 14.7. The van der Waals surface area contributed by atoms with Crippen molar-refractivity contribution in [3.8, 4) is 17.1 Å². The van der Waals surface area contributed by atoms with Crippen molar-refractivity contribution in [3.05, 3.63) is 66.7 Å². The first-order valence-corrected chi connectivity index (χ1v) is 8.27. The first-order valence-electron chi connectivity index (χ1n) is 7.87. The maximum absolute atomic E-state index is 4.63. The smallest absolute Gasteiger partial charge is 0.260 e. The van der Waals surface area contributed by atoms with E-state index in [2.05, 4.69) is 73.5 Å². The van der Waals surface area contributed by atoms with Crippen LogP contribution in [0, 0.1) is 0 Å². The number of imidazole rings is 1. The molecule has 0 aliphatic carbocycles. The minimum absolute atomic E-state index is 0.0986. The van der Waals surface area contributed by atoms with Gasteiger partial charge in [-0.25, -0.2) is 0 Å². The lowest BCUT2D eigenvalue weighted by Gasteiger charge is -2.25. The van der Waals surface area contributed by atoms with E-state index in [1.807, 2.05) is 28.6 Å². The van der Waals surface area contributed by atoms with Gasteiger partial charge < -0.3 is 0 Å². The minimum Gasteiger partial charge on any atom is -0.260 e. The standard InChI is InChI=1S/C19H22N3S/c1-4-19(2,3)17-10-6-5-9-16(17)18-21(12-13-22(18)23)15-8-7-11-20-14-15/h5-14,23H,4H2,1-3H3/q+1. The number of pyridine rings is 1. The predicted octanol–water partition coefficient (Wildman–Crippen LogP) is 4.21. The van der Waals surface area contributed by atoms with Crippen LogP contribution in [0.4, 0.5) is 0 Å². The van der Waals surface area contributed by atoms with Gasteiger partial charge in [0.25, 0.3) is 0 Å². The summed E-state index contributed by atoms with van der Waals surface area (Å²) < 4.78 is 4.00. The normalized spacial score (nSPS) is 11.7. The fourth-order valence-corrected chi connectivity index (χ4v) is 3.06. The Hall–Kier alpha value is -2.07. The van der Waals surface area contributed by atoms with Gasteiger partial charge in [0.15, 0.2) is 5.69 Å². The van der Waals surface area contributed by atoms with Gasteiger partial charge in [0, 0.05) is 19.0 Å². The van der Waals surface area contributed by atoms with Gasteiger partial charge in [0.2, 0.25) is 0 Å². The highest BCUT2D eigenvalue weighted by atomic mass is 32.1. The maximum atomic E-state index is 4.63. The molecular formula is C19H22N3S+. The fraction of sp³-hybridized carbons (Fsp3) is 0.263. The van der Waals surface area contributed by atoms with Crippen LogP contribution >= 0.6 is 12.8 Å². The van der Waals surface area contributed by atoms with E-state index >= 15 is 0 Å². The van der Waals surface area contributed by atoms with Crippen LogP contribution < -0.4 is 4.57 Å². The molecule has 0 amide bonds. The molecular weight excluding hydrogens is 302 g/mol. The molecule has 0 atom stereocenters. The van der Waals surface area contributed by atoms with Crippen LogP contribution in [0.25, 0.3) is 17.1 Å². The molecule has 3 aromatic rings. The predicted molar refractivity (Wildman–Crippen MR) is 96.9 cm³/mol. The molecule has 0 fully saturated rings. The van der Waals surface area contributed by atoms with Crippen LogP contribution in [0.3, 0.4) is 0 Å². The topological polar surface area (TPSA) is 21.7 Å². The van der Waals surface area contributed by atoms with Crippen molar-refractivity contribution in [2.75, 3.05) is 0 Å². The van der Waals surface area contributed by atoms with Gasteiger partial charge in [-0.1, -0.05) is 39.0 Å². The van der Waals surface area contributed by atoms with Crippen LogP contribution in [0.15, 0.2) is 61.2 Å². The number of rotatable bonds is 4. The molecule has 23 heavy (non-hydrogen) atoms. The van der Waals surface area contributed by atoms with E-state index in [1.165, 1.54) is 11.1 Å². The van der Waals surface area contributed by atoms with Crippen LogP contribution in [0.1, 0.15) is 32.8 Å². The second-order valence-corrected chi connectivity index (χ2v) is 6.76. The molecule has 0 saturated carbocycles. The van der Waals surface area contributed by atoms with Crippen molar-refractivity contribution in [3.63, 3.8) is 0 Å². The SMILES string of the molecule is CCC(C)(C)c1ccccc1-c1n(S)cc[n+]1-c1cccnc1. The average molecular weight is 324 g/mol. The highest BCUT2D eigenvalue weighted by Crippen LogP contribution is 2.34. The Balaban J connectivity index is 2.24. The van der Waals surface area contributed by atoms with Gasteiger partial charge in [0.05, 0.1) is 11.8 Å². The number of thiol groups is 1. The van der Waals surface area contributed by atoms with Crippen molar-refractivity contribution in [1.82, 2.24) is 8.96 Å². The summed E-state index contributed by atoms with van der Waals surface area (Å²) in [6.07, 6.45) is 8.71. The van der Waals surface area contributed by atoms with E-state index in [0.29, 0.717) is 0 Å². The Morgan fingerprint density at radius 2 is 1.96 bits per heavy atom. The van der Waals surface area contributed by atoms with Crippen molar-refractivity contribution in [1.29, 1.82) is 0 Å². The van der Waals surface area contributed by atoms with Gasteiger partial charge in [-0.15, -0.1) is 0 Å². The molecule has 118 valence electrons. The molecule has 3 nitrogen and oxygen atoms in total. The number of aromatic nitrogens is 3. The molecule has 2 aromatic heterocycles. The van der Waals surface area contributed by atoms with E-state index < -0.39 is 0 Å². The van der Waals surface area contributed by atoms with E-state index in [9.17, 15) is 0 Å². The maximum Gasteiger partial charge on any atom is 0.306 e. The third-order valence-corrected chi connectivity index (χ3v) is 4.83. The summed E-state index contributed by atoms with van der Waals surface area (Å²) >= 11 is 4.63. The zero-order valence-electron chi connectivity index (χ0n) is 13.8. The van der Waals surface area contributed by atoms with Crippen molar-refractivity contribution < 1.29 is 4.57 Å². The molecule has 0 radical (unpaired) electrons. The Morgan fingerprint density at radius 1 is 1.17 bits per heavy atom. The third-order valence-electron chi connectivity index (χ3n) is 4.51. The van der Waals surface area contributed by atoms with E-state index in [-0.39, 0.29) is 5.41 Å². The zero-order chi connectivity index (χ0) is 16.4. The Labute approximate surface area is 143 Å². The highest BCUT2D eigenvalue weighted by molar-refractivity contribution is 7.78. The van der Waals surface area contributed by atoms with Crippen molar-refractivity contribution >= 4 is 12.8 Å². The second-order valence-electron chi connectivity index (χ2n) is 6.33. The Kier molecular flexibility index (Phi) is 4.26.